The third kappa shape index (κ3) is 5.11. The van der Waals surface area contributed by atoms with Gasteiger partial charge in [-0.1, -0.05) is 0 Å². The quantitative estimate of drug-likeness (QED) is 0.764. The van der Waals surface area contributed by atoms with E-state index >= 15 is 0 Å². The van der Waals surface area contributed by atoms with Gasteiger partial charge in [-0.05, 0) is 69.1 Å². The molecule has 8 heteroatoms. The molecule has 2 aromatic heterocycles. The van der Waals surface area contributed by atoms with Gasteiger partial charge in [-0.25, -0.2) is 18.4 Å². The van der Waals surface area contributed by atoms with E-state index in [4.69, 9.17) is 4.98 Å². The number of aryl methyl sites for hydroxylation is 2. The van der Waals surface area contributed by atoms with Crippen LogP contribution in [-0.2, 0) is 14.6 Å². The first-order valence-corrected chi connectivity index (χ1v) is 12.9. The Balaban J connectivity index is 1.38. The zero-order valence-corrected chi connectivity index (χ0v) is 19.0. The standard InChI is InChI=1S/C23H30N4O3S/c1-15-11-24-9-7-20(15)21-13-25-16(2)27-22(21)18-5-3-17(4-6-18)12-26-23(28)19-8-10-31(29,30)14-19/h7,9,11,13,17-19H,3-6,8,10,12,14H2,1-2H3,(H,26,28)/t17?,18?,19-/m1/s1. The van der Waals surface area contributed by atoms with Crippen LogP contribution in [0, 0.1) is 25.7 Å². The highest BCUT2D eigenvalue weighted by Gasteiger charge is 2.33. The predicted octanol–water partition coefficient (Wildman–Crippen LogP) is 2.98. The van der Waals surface area contributed by atoms with Crippen molar-refractivity contribution in [2.45, 2.75) is 51.9 Å². The van der Waals surface area contributed by atoms with Crippen LogP contribution in [0.25, 0.3) is 11.1 Å². The Morgan fingerprint density at radius 1 is 1.10 bits per heavy atom. The Morgan fingerprint density at radius 3 is 2.55 bits per heavy atom. The van der Waals surface area contributed by atoms with Gasteiger partial charge in [-0.2, -0.15) is 0 Å². The van der Waals surface area contributed by atoms with E-state index in [0.717, 1.165) is 53.9 Å². The molecule has 7 nitrogen and oxygen atoms in total. The third-order valence-corrected chi connectivity index (χ3v) is 8.42. The lowest BCUT2D eigenvalue weighted by Gasteiger charge is -2.30. The molecule has 1 N–H and O–H groups in total. The lowest BCUT2D eigenvalue weighted by Crippen LogP contribution is -2.36. The maximum absolute atomic E-state index is 12.3. The van der Waals surface area contributed by atoms with E-state index < -0.39 is 9.84 Å². The van der Waals surface area contributed by atoms with Crippen LogP contribution in [0.3, 0.4) is 0 Å². The van der Waals surface area contributed by atoms with Gasteiger partial charge in [-0.15, -0.1) is 0 Å². The topological polar surface area (TPSA) is 102 Å². The smallest absolute Gasteiger partial charge is 0.224 e. The predicted molar refractivity (Wildman–Crippen MR) is 119 cm³/mol. The van der Waals surface area contributed by atoms with E-state index in [2.05, 4.69) is 22.2 Å². The SMILES string of the molecule is Cc1ncc(-c2ccncc2C)c(C2CCC(CNC(=O)[C@@H]3CCS(=O)(=O)C3)CC2)n1. The summed E-state index contributed by atoms with van der Waals surface area (Å²) in [7, 11) is -3.03. The maximum atomic E-state index is 12.3. The number of nitrogens with one attached hydrogen (secondary N) is 1. The maximum Gasteiger partial charge on any atom is 0.224 e. The number of pyridine rings is 1. The van der Waals surface area contributed by atoms with Crippen molar-refractivity contribution >= 4 is 15.7 Å². The number of hydrogen-bond acceptors (Lipinski definition) is 6. The summed E-state index contributed by atoms with van der Waals surface area (Å²) in [6.45, 7) is 4.61. The molecular formula is C23H30N4O3S. The molecular weight excluding hydrogens is 412 g/mol. The van der Waals surface area contributed by atoms with Crippen LogP contribution in [-0.4, -0.2) is 47.3 Å². The minimum Gasteiger partial charge on any atom is -0.356 e. The molecule has 1 atom stereocenters. The second kappa shape index (κ2) is 9.02. The summed E-state index contributed by atoms with van der Waals surface area (Å²) in [6.07, 6.45) is 10.1. The second-order valence-electron chi connectivity index (χ2n) is 8.97. The summed E-state index contributed by atoms with van der Waals surface area (Å²) < 4.78 is 23.2. The summed E-state index contributed by atoms with van der Waals surface area (Å²) >= 11 is 0. The van der Waals surface area contributed by atoms with E-state index in [0.29, 0.717) is 24.8 Å². The van der Waals surface area contributed by atoms with Crippen molar-refractivity contribution in [2.24, 2.45) is 11.8 Å². The molecule has 2 fully saturated rings. The van der Waals surface area contributed by atoms with Crippen molar-refractivity contribution in [3.63, 3.8) is 0 Å². The minimum absolute atomic E-state index is 0.00413. The summed E-state index contributed by atoms with van der Waals surface area (Å²) in [4.78, 5) is 25.8. The molecule has 0 radical (unpaired) electrons. The van der Waals surface area contributed by atoms with Gasteiger partial charge < -0.3 is 5.32 Å². The van der Waals surface area contributed by atoms with Gasteiger partial charge in [0.25, 0.3) is 0 Å². The van der Waals surface area contributed by atoms with Crippen molar-refractivity contribution in [1.29, 1.82) is 0 Å². The van der Waals surface area contributed by atoms with Crippen LogP contribution in [0.1, 0.15) is 55.1 Å². The highest BCUT2D eigenvalue weighted by molar-refractivity contribution is 7.91. The molecule has 31 heavy (non-hydrogen) atoms. The molecule has 1 aliphatic carbocycles. The fourth-order valence-corrected chi connectivity index (χ4v) is 6.55. The van der Waals surface area contributed by atoms with Gasteiger partial charge in [0, 0.05) is 36.6 Å². The third-order valence-electron chi connectivity index (χ3n) is 6.65. The van der Waals surface area contributed by atoms with Gasteiger partial charge >= 0.3 is 0 Å². The number of nitrogens with zero attached hydrogens (tertiary/aromatic N) is 3. The van der Waals surface area contributed by atoms with E-state index in [1.54, 1.807) is 6.20 Å². The number of carbonyl (C=O) groups excluding carboxylic acids is 1. The minimum atomic E-state index is -3.03. The molecule has 0 unspecified atom stereocenters. The molecule has 2 aromatic rings. The fraction of sp³-hybridized carbons (Fsp3) is 0.565. The van der Waals surface area contributed by atoms with E-state index in [9.17, 15) is 13.2 Å². The Labute approximate surface area is 184 Å². The molecule has 166 valence electrons. The highest BCUT2D eigenvalue weighted by Crippen LogP contribution is 2.39. The summed E-state index contributed by atoms with van der Waals surface area (Å²) in [6, 6.07) is 2.03. The number of carbonyl (C=O) groups is 1. The van der Waals surface area contributed by atoms with Gasteiger partial charge in [-0.3, -0.25) is 9.78 Å². The molecule has 1 amide bonds. The first-order valence-electron chi connectivity index (χ1n) is 11.0. The van der Waals surface area contributed by atoms with Crippen LogP contribution in [0.5, 0.6) is 0 Å². The number of aromatic nitrogens is 3. The number of hydrogen-bond donors (Lipinski definition) is 1. The molecule has 0 aromatic carbocycles. The van der Waals surface area contributed by atoms with Crippen molar-refractivity contribution in [2.75, 3.05) is 18.1 Å². The van der Waals surface area contributed by atoms with Gasteiger partial charge in [0.15, 0.2) is 9.84 Å². The van der Waals surface area contributed by atoms with Gasteiger partial charge in [0.05, 0.1) is 23.1 Å². The summed E-state index contributed by atoms with van der Waals surface area (Å²) in [5, 5.41) is 3.00. The number of rotatable bonds is 5. The van der Waals surface area contributed by atoms with Gasteiger partial charge in [0.2, 0.25) is 5.91 Å². The van der Waals surface area contributed by atoms with Crippen LogP contribution in [0.2, 0.25) is 0 Å². The Morgan fingerprint density at radius 2 is 1.87 bits per heavy atom. The fourth-order valence-electron chi connectivity index (χ4n) is 4.81. The van der Waals surface area contributed by atoms with Crippen LogP contribution in [0.4, 0.5) is 0 Å². The van der Waals surface area contributed by atoms with Crippen molar-refractivity contribution in [3.8, 4) is 11.1 Å². The molecule has 4 rings (SSSR count). The van der Waals surface area contributed by atoms with Crippen LogP contribution in [0.15, 0.2) is 24.7 Å². The lowest BCUT2D eigenvalue weighted by molar-refractivity contribution is -0.124. The van der Waals surface area contributed by atoms with Crippen molar-refractivity contribution in [1.82, 2.24) is 20.3 Å². The summed E-state index contributed by atoms with van der Waals surface area (Å²) in [5.41, 5.74) is 4.44. The molecule has 3 heterocycles. The average Bonchev–Trinajstić information content (AvgIpc) is 3.13. The molecule has 1 saturated carbocycles. The second-order valence-corrected chi connectivity index (χ2v) is 11.2. The first-order chi connectivity index (χ1) is 14.8. The zero-order chi connectivity index (χ0) is 22.0. The average molecular weight is 443 g/mol. The zero-order valence-electron chi connectivity index (χ0n) is 18.2. The molecule has 0 bridgehead atoms. The number of sulfone groups is 1. The van der Waals surface area contributed by atoms with E-state index in [1.165, 1.54) is 0 Å². The molecule has 1 aliphatic heterocycles. The van der Waals surface area contributed by atoms with Crippen LogP contribution >= 0.6 is 0 Å². The normalized spacial score (nSPS) is 25.3. The Hall–Kier alpha value is -2.35. The monoisotopic (exact) mass is 442 g/mol. The molecule has 1 saturated heterocycles. The lowest BCUT2D eigenvalue weighted by atomic mass is 9.78. The van der Waals surface area contributed by atoms with Crippen molar-refractivity contribution < 1.29 is 13.2 Å². The van der Waals surface area contributed by atoms with Gasteiger partial charge in [0.1, 0.15) is 5.82 Å². The summed E-state index contributed by atoms with van der Waals surface area (Å²) in [5.74, 6) is 1.22. The Bertz CT molecular complexity index is 1060. The molecule has 0 spiro atoms. The van der Waals surface area contributed by atoms with Crippen molar-refractivity contribution in [3.05, 3.63) is 41.7 Å². The van der Waals surface area contributed by atoms with Crippen LogP contribution < -0.4 is 5.32 Å². The van der Waals surface area contributed by atoms with E-state index in [-0.39, 0.29) is 23.3 Å². The molecule has 2 aliphatic rings. The first kappa shape index (κ1) is 21.9. The van der Waals surface area contributed by atoms with E-state index in [1.807, 2.05) is 25.4 Å². The number of amides is 1. The Kier molecular flexibility index (Phi) is 6.36. The largest absolute Gasteiger partial charge is 0.356 e. The highest BCUT2D eigenvalue weighted by atomic mass is 32.2.